The Kier molecular flexibility index (Phi) is 3.33. The van der Waals surface area contributed by atoms with Gasteiger partial charge in [0, 0.05) is 11.4 Å². The Labute approximate surface area is 84.0 Å². The highest BCUT2D eigenvalue weighted by molar-refractivity contribution is 6.32. The summed E-state index contributed by atoms with van der Waals surface area (Å²) in [6.45, 7) is 4.03. The van der Waals surface area contributed by atoms with Gasteiger partial charge in [-0.15, -0.1) is 0 Å². The zero-order valence-electron chi connectivity index (χ0n) is 7.89. The Morgan fingerprint density at radius 2 is 2.08 bits per heavy atom. The fourth-order valence-corrected chi connectivity index (χ4v) is 1.61. The molecule has 0 radical (unpaired) electrons. The predicted molar refractivity (Wildman–Crippen MR) is 54.9 cm³/mol. The molecule has 68 valence electrons. The molecule has 0 saturated carbocycles. The molecule has 0 fully saturated rings. The van der Waals surface area contributed by atoms with Gasteiger partial charge in [-0.1, -0.05) is 29.3 Å². The first kappa shape index (κ1) is 10.1. The molecule has 0 spiro atoms. The molecule has 2 heteroatoms. The first-order chi connectivity index (χ1) is 6.15. The van der Waals surface area contributed by atoms with E-state index in [0.717, 1.165) is 22.6 Å². The Hall–Kier alpha value is -1.00. The Morgan fingerprint density at radius 3 is 2.69 bits per heavy atom. The van der Waals surface area contributed by atoms with Gasteiger partial charge in [-0.05, 0) is 31.4 Å². The number of halogens is 1. The smallest absolute Gasteiger partial charge is 0.0625 e. The average Bonchev–Trinajstić information content (AvgIpc) is 2.09. The van der Waals surface area contributed by atoms with Crippen LogP contribution < -0.4 is 0 Å². The molecule has 0 aliphatic carbocycles. The van der Waals surface area contributed by atoms with Crippen LogP contribution in [0.25, 0.3) is 0 Å². The van der Waals surface area contributed by atoms with Crippen molar-refractivity contribution < 1.29 is 0 Å². The van der Waals surface area contributed by atoms with Crippen molar-refractivity contribution >= 4 is 11.6 Å². The van der Waals surface area contributed by atoms with Crippen LogP contribution in [0, 0.1) is 25.2 Å². The van der Waals surface area contributed by atoms with Crippen molar-refractivity contribution in [1.29, 1.82) is 5.26 Å². The molecule has 0 aromatic heterocycles. The molecule has 0 amide bonds. The van der Waals surface area contributed by atoms with E-state index in [1.54, 1.807) is 0 Å². The van der Waals surface area contributed by atoms with Crippen LogP contribution in [0.1, 0.15) is 23.1 Å². The molecular formula is C11H12ClN. The van der Waals surface area contributed by atoms with Crippen LogP contribution in [0.3, 0.4) is 0 Å². The lowest BCUT2D eigenvalue weighted by Gasteiger charge is -2.06. The lowest BCUT2D eigenvalue weighted by molar-refractivity contribution is 1.00. The number of hydrogen-bond donors (Lipinski definition) is 0. The second-order valence-corrected chi connectivity index (χ2v) is 3.59. The summed E-state index contributed by atoms with van der Waals surface area (Å²) >= 11 is 6.09. The lowest BCUT2D eigenvalue weighted by Crippen LogP contribution is -1.90. The molecule has 0 aliphatic rings. The fraction of sp³-hybridized carbons (Fsp3) is 0.364. The molecule has 1 aromatic carbocycles. The minimum atomic E-state index is 0.530. The van der Waals surface area contributed by atoms with E-state index in [0.29, 0.717) is 6.42 Å². The van der Waals surface area contributed by atoms with E-state index in [9.17, 15) is 0 Å². The number of nitrogens with zero attached hydrogens (tertiary/aromatic N) is 1. The van der Waals surface area contributed by atoms with Crippen LogP contribution in [0.4, 0.5) is 0 Å². The van der Waals surface area contributed by atoms with Crippen LogP contribution in [0.5, 0.6) is 0 Å². The second kappa shape index (κ2) is 4.30. The largest absolute Gasteiger partial charge is 0.198 e. The summed E-state index contributed by atoms with van der Waals surface area (Å²) in [5.74, 6) is 0. The maximum Gasteiger partial charge on any atom is 0.0625 e. The zero-order chi connectivity index (χ0) is 9.84. The topological polar surface area (TPSA) is 23.8 Å². The van der Waals surface area contributed by atoms with Gasteiger partial charge in [0.1, 0.15) is 0 Å². The van der Waals surface area contributed by atoms with E-state index in [-0.39, 0.29) is 0 Å². The van der Waals surface area contributed by atoms with E-state index in [2.05, 4.69) is 12.1 Å². The Bertz CT molecular complexity index is 350. The van der Waals surface area contributed by atoms with Gasteiger partial charge >= 0.3 is 0 Å². The van der Waals surface area contributed by atoms with Gasteiger partial charge in [-0.3, -0.25) is 0 Å². The number of rotatable bonds is 2. The van der Waals surface area contributed by atoms with E-state index in [1.165, 1.54) is 5.56 Å². The normalized spacial score (nSPS) is 9.69. The molecule has 1 aromatic rings. The van der Waals surface area contributed by atoms with Gasteiger partial charge < -0.3 is 0 Å². The van der Waals surface area contributed by atoms with Crippen molar-refractivity contribution in [3.8, 4) is 6.07 Å². The van der Waals surface area contributed by atoms with Crippen molar-refractivity contribution in [2.75, 3.05) is 0 Å². The minimum absolute atomic E-state index is 0.530. The molecule has 0 aliphatic heterocycles. The maximum atomic E-state index is 8.46. The first-order valence-corrected chi connectivity index (χ1v) is 4.65. The van der Waals surface area contributed by atoms with E-state index in [1.807, 2.05) is 19.9 Å². The number of hydrogen-bond acceptors (Lipinski definition) is 1. The molecule has 1 rings (SSSR count). The van der Waals surface area contributed by atoms with Crippen molar-refractivity contribution in [3.05, 3.63) is 33.8 Å². The summed E-state index contributed by atoms with van der Waals surface area (Å²) in [6, 6.07) is 6.23. The van der Waals surface area contributed by atoms with Crippen LogP contribution in [-0.4, -0.2) is 0 Å². The predicted octanol–water partition coefficient (Wildman–Crippen LogP) is 3.41. The van der Waals surface area contributed by atoms with Crippen LogP contribution >= 0.6 is 11.6 Å². The number of benzene rings is 1. The molecule has 0 saturated heterocycles. The van der Waals surface area contributed by atoms with E-state index < -0.39 is 0 Å². The van der Waals surface area contributed by atoms with Crippen molar-refractivity contribution in [3.63, 3.8) is 0 Å². The van der Waals surface area contributed by atoms with Crippen LogP contribution in [0.2, 0.25) is 5.02 Å². The highest BCUT2D eigenvalue weighted by Gasteiger charge is 2.03. The quantitative estimate of drug-likeness (QED) is 0.706. The second-order valence-electron chi connectivity index (χ2n) is 3.21. The lowest BCUT2D eigenvalue weighted by atomic mass is 10.0. The van der Waals surface area contributed by atoms with Gasteiger partial charge in [0.15, 0.2) is 0 Å². The molecule has 0 unspecified atom stereocenters. The van der Waals surface area contributed by atoms with Gasteiger partial charge in [0.25, 0.3) is 0 Å². The zero-order valence-corrected chi connectivity index (χ0v) is 8.65. The summed E-state index contributed by atoms with van der Waals surface area (Å²) in [7, 11) is 0. The number of aryl methyl sites for hydroxylation is 3. The van der Waals surface area contributed by atoms with Crippen LogP contribution in [0.15, 0.2) is 12.1 Å². The summed E-state index contributed by atoms with van der Waals surface area (Å²) < 4.78 is 0. The molecular weight excluding hydrogens is 182 g/mol. The monoisotopic (exact) mass is 193 g/mol. The summed E-state index contributed by atoms with van der Waals surface area (Å²) in [5.41, 5.74) is 3.38. The average molecular weight is 194 g/mol. The summed E-state index contributed by atoms with van der Waals surface area (Å²) in [4.78, 5) is 0. The third-order valence-electron chi connectivity index (χ3n) is 1.98. The third kappa shape index (κ3) is 2.47. The van der Waals surface area contributed by atoms with Gasteiger partial charge in [-0.2, -0.15) is 5.26 Å². The minimum Gasteiger partial charge on any atom is -0.198 e. The third-order valence-corrected chi connectivity index (χ3v) is 2.52. The Balaban J connectivity index is 3.00. The van der Waals surface area contributed by atoms with E-state index in [4.69, 9.17) is 16.9 Å². The fourth-order valence-electron chi connectivity index (χ4n) is 1.41. The molecule has 13 heavy (non-hydrogen) atoms. The molecule has 0 atom stereocenters. The molecule has 0 heterocycles. The maximum absolute atomic E-state index is 8.46. The first-order valence-electron chi connectivity index (χ1n) is 4.27. The van der Waals surface area contributed by atoms with Crippen molar-refractivity contribution in [2.45, 2.75) is 26.7 Å². The number of nitriles is 1. The Morgan fingerprint density at radius 1 is 1.38 bits per heavy atom. The van der Waals surface area contributed by atoms with Gasteiger partial charge in [0.2, 0.25) is 0 Å². The van der Waals surface area contributed by atoms with Gasteiger partial charge in [0.05, 0.1) is 6.07 Å². The van der Waals surface area contributed by atoms with E-state index >= 15 is 0 Å². The van der Waals surface area contributed by atoms with Crippen molar-refractivity contribution in [1.82, 2.24) is 0 Å². The summed E-state index contributed by atoms with van der Waals surface area (Å²) in [5, 5.41) is 9.27. The summed E-state index contributed by atoms with van der Waals surface area (Å²) in [6.07, 6.45) is 1.28. The molecule has 1 nitrogen and oxygen atoms in total. The highest BCUT2D eigenvalue weighted by atomic mass is 35.5. The standard InChI is InChI=1S/C11H12ClN/c1-8-6-9(2)11(12)10(7-8)4-3-5-13/h6-7H,3-4H2,1-2H3. The molecule has 0 N–H and O–H groups in total. The molecule has 0 bridgehead atoms. The highest BCUT2D eigenvalue weighted by Crippen LogP contribution is 2.23. The van der Waals surface area contributed by atoms with Crippen LogP contribution in [-0.2, 0) is 6.42 Å². The SMILES string of the molecule is Cc1cc(C)c(Cl)c(CCC#N)c1. The van der Waals surface area contributed by atoms with Gasteiger partial charge in [-0.25, -0.2) is 0 Å². The van der Waals surface area contributed by atoms with Crippen molar-refractivity contribution in [2.24, 2.45) is 0 Å².